The van der Waals surface area contributed by atoms with Gasteiger partial charge in [0.1, 0.15) is 5.82 Å². The smallest absolute Gasteiger partial charge is 0.230 e. The minimum Gasteiger partial charge on any atom is -0.348 e. The Hall–Kier alpha value is -1.82. The number of rotatable bonds is 8. The zero-order chi connectivity index (χ0) is 20.1. The first-order valence-electron chi connectivity index (χ1n) is 9.40. The Bertz CT molecular complexity index is 768. The molecular formula is C21H30FN3OS. The predicted molar refractivity (Wildman–Crippen MR) is 109 cm³/mol. The molecule has 0 spiro atoms. The number of benzene rings is 1. The summed E-state index contributed by atoms with van der Waals surface area (Å²) in [6.07, 6.45) is 0. The summed E-state index contributed by atoms with van der Waals surface area (Å²) in [5.41, 5.74) is 3.07. The Kier molecular flexibility index (Phi) is 7.48. The van der Waals surface area contributed by atoms with Gasteiger partial charge in [-0.1, -0.05) is 51.6 Å². The topological polar surface area (TPSA) is 46.9 Å². The van der Waals surface area contributed by atoms with Crippen molar-refractivity contribution in [2.75, 3.05) is 5.75 Å². The van der Waals surface area contributed by atoms with E-state index >= 15 is 0 Å². The van der Waals surface area contributed by atoms with Gasteiger partial charge in [0.2, 0.25) is 5.91 Å². The molecule has 1 atom stereocenters. The van der Waals surface area contributed by atoms with Crippen molar-refractivity contribution in [2.45, 2.75) is 59.3 Å². The molecule has 1 aromatic carbocycles. The van der Waals surface area contributed by atoms with Gasteiger partial charge in [-0.15, -0.1) is 0 Å². The number of aromatic nitrogens is 2. The van der Waals surface area contributed by atoms with Crippen LogP contribution in [0.5, 0.6) is 0 Å². The van der Waals surface area contributed by atoms with Crippen LogP contribution in [-0.4, -0.2) is 21.2 Å². The Morgan fingerprint density at radius 1 is 1.19 bits per heavy atom. The first kappa shape index (κ1) is 21.5. The summed E-state index contributed by atoms with van der Waals surface area (Å²) in [5, 5.41) is 3.97. The van der Waals surface area contributed by atoms with E-state index in [1.54, 1.807) is 12.1 Å². The van der Waals surface area contributed by atoms with E-state index in [0.717, 1.165) is 28.7 Å². The highest BCUT2D eigenvalue weighted by atomic mass is 32.2. The number of hydrogen-bond acceptors (Lipinski definition) is 3. The first-order valence-corrected chi connectivity index (χ1v) is 10.4. The standard InChI is InChI=1S/C21H30FN3OS/c1-13(2)11-25-16(6)15(5)23-21(25)27-12-19(26)24-20(14(3)4)17-7-9-18(22)10-8-17/h7-10,13-14,20H,11-12H2,1-6H3,(H,24,26). The third-order valence-corrected chi connectivity index (χ3v) is 5.49. The van der Waals surface area contributed by atoms with E-state index in [1.165, 1.54) is 23.9 Å². The summed E-state index contributed by atoms with van der Waals surface area (Å²) in [7, 11) is 0. The maximum atomic E-state index is 13.2. The van der Waals surface area contributed by atoms with Crippen LogP contribution in [0.15, 0.2) is 29.4 Å². The highest BCUT2D eigenvalue weighted by Crippen LogP contribution is 2.25. The second-order valence-electron chi connectivity index (χ2n) is 7.70. The number of nitrogens with one attached hydrogen (secondary N) is 1. The number of imidazole rings is 1. The van der Waals surface area contributed by atoms with Gasteiger partial charge < -0.3 is 9.88 Å². The van der Waals surface area contributed by atoms with E-state index in [1.807, 2.05) is 20.8 Å². The summed E-state index contributed by atoms with van der Waals surface area (Å²) in [5.74, 6) is 0.702. The average Bonchev–Trinajstić information content (AvgIpc) is 2.86. The van der Waals surface area contributed by atoms with Gasteiger partial charge in [-0.3, -0.25) is 4.79 Å². The number of carbonyl (C=O) groups is 1. The monoisotopic (exact) mass is 391 g/mol. The Morgan fingerprint density at radius 3 is 2.37 bits per heavy atom. The second kappa shape index (κ2) is 9.40. The van der Waals surface area contributed by atoms with Gasteiger partial charge in [0.25, 0.3) is 0 Å². The van der Waals surface area contributed by atoms with Crippen LogP contribution in [0, 0.1) is 31.5 Å². The van der Waals surface area contributed by atoms with Crippen molar-refractivity contribution in [1.82, 2.24) is 14.9 Å². The molecule has 1 aromatic heterocycles. The van der Waals surface area contributed by atoms with Gasteiger partial charge in [0.15, 0.2) is 5.16 Å². The van der Waals surface area contributed by atoms with E-state index in [2.05, 4.69) is 35.6 Å². The van der Waals surface area contributed by atoms with E-state index in [9.17, 15) is 9.18 Å². The predicted octanol–water partition coefficient (Wildman–Crippen LogP) is 4.90. The van der Waals surface area contributed by atoms with Crippen LogP contribution in [0.25, 0.3) is 0 Å². The lowest BCUT2D eigenvalue weighted by atomic mass is 9.96. The van der Waals surface area contributed by atoms with Crippen molar-refractivity contribution in [1.29, 1.82) is 0 Å². The molecule has 0 saturated heterocycles. The summed E-state index contributed by atoms with van der Waals surface area (Å²) in [6, 6.07) is 6.18. The molecule has 1 amide bonds. The van der Waals surface area contributed by atoms with Crippen molar-refractivity contribution in [3.63, 3.8) is 0 Å². The normalized spacial score (nSPS) is 12.6. The van der Waals surface area contributed by atoms with Crippen LogP contribution in [0.2, 0.25) is 0 Å². The van der Waals surface area contributed by atoms with Gasteiger partial charge >= 0.3 is 0 Å². The van der Waals surface area contributed by atoms with E-state index in [0.29, 0.717) is 11.7 Å². The zero-order valence-electron chi connectivity index (χ0n) is 17.0. The summed E-state index contributed by atoms with van der Waals surface area (Å²) in [4.78, 5) is 17.2. The van der Waals surface area contributed by atoms with Crippen LogP contribution in [0.1, 0.15) is 50.7 Å². The molecule has 2 rings (SSSR count). The Labute approximate surface area is 166 Å². The Balaban J connectivity index is 2.04. The fourth-order valence-corrected chi connectivity index (χ4v) is 3.88. The van der Waals surface area contributed by atoms with Crippen LogP contribution >= 0.6 is 11.8 Å². The maximum Gasteiger partial charge on any atom is 0.230 e. The quantitative estimate of drug-likeness (QED) is 0.651. The molecule has 27 heavy (non-hydrogen) atoms. The molecule has 0 aliphatic carbocycles. The fourth-order valence-electron chi connectivity index (χ4n) is 2.96. The van der Waals surface area contributed by atoms with Gasteiger partial charge in [-0.2, -0.15) is 0 Å². The molecule has 2 aromatic rings. The number of halogens is 1. The maximum absolute atomic E-state index is 13.2. The molecule has 6 heteroatoms. The van der Waals surface area contributed by atoms with Crippen LogP contribution < -0.4 is 5.32 Å². The number of carbonyl (C=O) groups excluding carboxylic acids is 1. The number of hydrogen-bond donors (Lipinski definition) is 1. The second-order valence-corrected chi connectivity index (χ2v) is 8.64. The average molecular weight is 392 g/mol. The lowest BCUT2D eigenvalue weighted by Gasteiger charge is -2.23. The summed E-state index contributed by atoms with van der Waals surface area (Å²) >= 11 is 1.46. The molecule has 0 bridgehead atoms. The lowest BCUT2D eigenvalue weighted by Crippen LogP contribution is -2.33. The largest absolute Gasteiger partial charge is 0.348 e. The zero-order valence-corrected chi connectivity index (χ0v) is 17.9. The molecule has 148 valence electrons. The highest BCUT2D eigenvalue weighted by molar-refractivity contribution is 7.99. The fraction of sp³-hybridized carbons (Fsp3) is 0.524. The van der Waals surface area contributed by atoms with Crippen molar-refractivity contribution >= 4 is 17.7 Å². The van der Waals surface area contributed by atoms with Gasteiger partial charge in [-0.25, -0.2) is 9.37 Å². The molecule has 0 aliphatic heterocycles. The lowest BCUT2D eigenvalue weighted by molar-refractivity contribution is -0.119. The van der Waals surface area contributed by atoms with Crippen LogP contribution in [-0.2, 0) is 11.3 Å². The Morgan fingerprint density at radius 2 is 1.81 bits per heavy atom. The molecule has 1 heterocycles. The van der Waals surface area contributed by atoms with E-state index < -0.39 is 0 Å². The van der Waals surface area contributed by atoms with Crippen molar-refractivity contribution in [3.8, 4) is 0 Å². The summed E-state index contributed by atoms with van der Waals surface area (Å²) in [6.45, 7) is 13.4. The summed E-state index contributed by atoms with van der Waals surface area (Å²) < 4.78 is 15.4. The first-order chi connectivity index (χ1) is 12.7. The molecule has 0 aliphatic rings. The molecule has 1 unspecified atom stereocenters. The van der Waals surface area contributed by atoms with Crippen LogP contribution in [0.4, 0.5) is 4.39 Å². The third-order valence-electron chi connectivity index (χ3n) is 4.52. The minimum atomic E-state index is -0.272. The molecule has 0 saturated carbocycles. The number of nitrogens with zero attached hydrogens (tertiary/aromatic N) is 2. The number of amides is 1. The minimum absolute atomic E-state index is 0.0440. The van der Waals surface area contributed by atoms with Gasteiger partial charge in [0, 0.05) is 12.2 Å². The molecule has 4 nitrogen and oxygen atoms in total. The molecule has 0 fully saturated rings. The molecular weight excluding hydrogens is 361 g/mol. The SMILES string of the molecule is Cc1nc(SCC(=O)NC(c2ccc(F)cc2)C(C)C)n(CC(C)C)c1C. The molecule has 1 N–H and O–H groups in total. The van der Waals surface area contributed by atoms with E-state index in [4.69, 9.17) is 0 Å². The van der Waals surface area contributed by atoms with Gasteiger partial charge in [-0.05, 0) is 43.4 Å². The highest BCUT2D eigenvalue weighted by Gasteiger charge is 2.20. The third kappa shape index (κ3) is 5.83. The number of aryl methyl sites for hydroxylation is 1. The van der Waals surface area contributed by atoms with E-state index in [-0.39, 0.29) is 23.7 Å². The number of thioether (sulfide) groups is 1. The molecule has 0 radical (unpaired) electrons. The van der Waals surface area contributed by atoms with Gasteiger partial charge in [0.05, 0.1) is 17.5 Å². The van der Waals surface area contributed by atoms with Crippen molar-refractivity contribution in [2.24, 2.45) is 11.8 Å². The van der Waals surface area contributed by atoms with Crippen molar-refractivity contribution in [3.05, 3.63) is 47.0 Å². The van der Waals surface area contributed by atoms with Crippen LogP contribution in [0.3, 0.4) is 0 Å². The van der Waals surface area contributed by atoms with Crippen molar-refractivity contribution < 1.29 is 9.18 Å².